The molecule has 0 fully saturated rings. The lowest BCUT2D eigenvalue weighted by atomic mass is 9.72. The molecular formula is C26H22O4. The van der Waals surface area contributed by atoms with E-state index >= 15 is 0 Å². The maximum absolute atomic E-state index is 12.2. The normalized spacial score (nSPS) is 24.2. The molecule has 30 heavy (non-hydrogen) atoms. The van der Waals surface area contributed by atoms with Gasteiger partial charge in [-0.2, -0.15) is 0 Å². The Balaban J connectivity index is 0.000000265. The lowest BCUT2D eigenvalue weighted by Gasteiger charge is -2.33. The van der Waals surface area contributed by atoms with Crippen LogP contribution in [0.1, 0.15) is 17.2 Å². The lowest BCUT2D eigenvalue weighted by Crippen LogP contribution is -2.37. The van der Waals surface area contributed by atoms with Crippen LogP contribution >= 0.6 is 0 Å². The van der Waals surface area contributed by atoms with E-state index in [2.05, 4.69) is 19.1 Å². The zero-order valence-corrected chi connectivity index (χ0v) is 16.6. The summed E-state index contributed by atoms with van der Waals surface area (Å²) in [4.78, 5) is 24.3. The van der Waals surface area contributed by atoms with E-state index in [1.165, 1.54) is 5.56 Å². The van der Waals surface area contributed by atoms with Gasteiger partial charge in [-0.15, -0.1) is 0 Å². The van der Waals surface area contributed by atoms with Crippen molar-refractivity contribution in [2.75, 3.05) is 0 Å². The topological polar surface area (TPSA) is 63.6 Å². The summed E-state index contributed by atoms with van der Waals surface area (Å²) in [6.45, 7) is 2.08. The van der Waals surface area contributed by atoms with Crippen LogP contribution in [-0.4, -0.2) is 16.7 Å². The molecule has 0 aromatic heterocycles. The maximum Gasteiger partial charge on any atom is 0.205 e. The number of aliphatic hydroxyl groups is 1. The Hall–Kier alpha value is -3.66. The van der Waals surface area contributed by atoms with Gasteiger partial charge >= 0.3 is 0 Å². The molecule has 2 aromatic carbocycles. The maximum atomic E-state index is 12.2. The molecular weight excluding hydrogens is 376 g/mol. The Labute approximate surface area is 175 Å². The fraction of sp³-hybridized carbons (Fsp3) is 0.154. The van der Waals surface area contributed by atoms with Gasteiger partial charge < -0.3 is 9.84 Å². The number of ether oxygens (including phenoxy) is 1. The Morgan fingerprint density at radius 2 is 1.53 bits per heavy atom. The predicted molar refractivity (Wildman–Crippen MR) is 114 cm³/mol. The largest absolute Gasteiger partial charge is 0.504 e. The van der Waals surface area contributed by atoms with Gasteiger partial charge in [-0.3, -0.25) is 9.59 Å². The molecule has 0 bridgehead atoms. The van der Waals surface area contributed by atoms with Crippen molar-refractivity contribution in [1.29, 1.82) is 0 Å². The highest BCUT2D eigenvalue weighted by Gasteiger charge is 2.42. The molecule has 1 heterocycles. The van der Waals surface area contributed by atoms with Crippen LogP contribution in [0.4, 0.5) is 0 Å². The number of Topliss-reactive ketones (excluding diaryl/α,β-unsaturated/α-hetero) is 1. The Kier molecular flexibility index (Phi) is 5.48. The average molecular weight is 398 g/mol. The van der Waals surface area contributed by atoms with Crippen molar-refractivity contribution in [3.05, 3.63) is 119 Å². The van der Waals surface area contributed by atoms with Crippen LogP contribution in [0.25, 0.3) is 0 Å². The monoisotopic (exact) mass is 398 g/mol. The Bertz CT molecular complexity index is 1070. The minimum atomic E-state index is -0.646. The van der Waals surface area contributed by atoms with E-state index in [1.54, 1.807) is 12.2 Å². The summed E-state index contributed by atoms with van der Waals surface area (Å²) in [6, 6.07) is 20.0. The number of allylic oxidation sites excluding steroid dienone is 6. The van der Waals surface area contributed by atoms with Crippen molar-refractivity contribution in [3.63, 3.8) is 0 Å². The van der Waals surface area contributed by atoms with Crippen LogP contribution in [0.3, 0.4) is 0 Å². The first-order valence-corrected chi connectivity index (χ1v) is 9.87. The van der Waals surface area contributed by atoms with E-state index in [0.29, 0.717) is 11.3 Å². The smallest absolute Gasteiger partial charge is 0.205 e. The van der Waals surface area contributed by atoms with Gasteiger partial charge in [0.25, 0.3) is 0 Å². The SMILES string of the molecule is Cc1ccccc1.O=C1C(O)=CC(=O)C2C3=C(C=CC12)OC(c1ccccc1)C=C3. The van der Waals surface area contributed by atoms with Gasteiger partial charge in [0.1, 0.15) is 11.9 Å². The number of rotatable bonds is 1. The van der Waals surface area contributed by atoms with Crippen LogP contribution in [0.5, 0.6) is 0 Å². The van der Waals surface area contributed by atoms with Crippen molar-refractivity contribution < 1.29 is 19.4 Å². The van der Waals surface area contributed by atoms with Gasteiger partial charge in [0.05, 0.1) is 11.8 Å². The molecule has 2 aromatic rings. The zero-order chi connectivity index (χ0) is 21.1. The van der Waals surface area contributed by atoms with E-state index in [0.717, 1.165) is 11.6 Å². The molecule has 4 nitrogen and oxygen atoms in total. The van der Waals surface area contributed by atoms with E-state index in [9.17, 15) is 14.7 Å². The third kappa shape index (κ3) is 3.90. The molecule has 4 heteroatoms. The average Bonchev–Trinajstić information content (AvgIpc) is 2.78. The summed E-state index contributed by atoms with van der Waals surface area (Å²) in [5, 5.41) is 9.57. The molecule has 0 saturated heterocycles. The minimum Gasteiger partial charge on any atom is -0.504 e. The Morgan fingerprint density at radius 1 is 0.867 bits per heavy atom. The number of fused-ring (bicyclic) bond motifs is 2. The molecule has 0 amide bonds. The number of benzene rings is 2. The number of carbonyl (C=O) groups excluding carboxylic acids is 2. The van der Waals surface area contributed by atoms with Gasteiger partial charge in [0.15, 0.2) is 11.5 Å². The van der Waals surface area contributed by atoms with Gasteiger partial charge in [-0.1, -0.05) is 78.4 Å². The highest BCUT2D eigenvalue weighted by atomic mass is 16.5. The van der Waals surface area contributed by atoms with Crippen LogP contribution in [0.15, 0.2) is 108 Å². The number of aliphatic hydroxyl groups excluding tert-OH is 1. The molecule has 5 rings (SSSR count). The second-order valence-electron chi connectivity index (χ2n) is 7.44. The molecule has 3 unspecified atom stereocenters. The van der Waals surface area contributed by atoms with Crippen molar-refractivity contribution in [2.24, 2.45) is 11.8 Å². The third-order valence-corrected chi connectivity index (χ3v) is 5.35. The first-order chi connectivity index (χ1) is 14.5. The van der Waals surface area contributed by atoms with Crippen LogP contribution in [-0.2, 0) is 14.3 Å². The van der Waals surface area contributed by atoms with Gasteiger partial charge in [0, 0.05) is 11.6 Å². The van der Waals surface area contributed by atoms with E-state index in [4.69, 9.17) is 4.74 Å². The van der Waals surface area contributed by atoms with Crippen LogP contribution in [0.2, 0.25) is 0 Å². The summed E-state index contributed by atoms with van der Waals surface area (Å²) in [5.41, 5.74) is 3.05. The number of ketones is 2. The molecule has 1 aliphatic heterocycles. The first-order valence-electron chi connectivity index (χ1n) is 9.87. The van der Waals surface area contributed by atoms with Crippen molar-refractivity contribution >= 4 is 11.6 Å². The van der Waals surface area contributed by atoms with E-state index in [-0.39, 0.29) is 11.9 Å². The molecule has 150 valence electrons. The predicted octanol–water partition coefficient (Wildman–Crippen LogP) is 4.96. The molecule has 0 spiro atoms. The highest BCUT2D eigenvalue weighted by molar-refractivity contribution is 6.11. The molecule has 2 aliphatic carbocycles. The summed E-state index contributed by atoms with van der Waals surface area (Å²) in [5.74, 6) is -1.79. The highest BCUT2D eigenvalue weighted by Crippen LogP contribution is 2.41. The molecule has 3 aliphatic rings. The standard InChI is InChI=1S/C19H14O4.C7H8/c20-14-10-15(21)19(22)13-7-9-17-12(18(13)14)6-8-16(23-17)11-4-2-1-3-5-11;1-7-5-3-2-4-6-7/h1-10,13,16,18,21H;2-6H,1H3. The van der Waals surface area contributed by atoms with Gasteiger partial charge in [-0.05, 0) is 24.6 Å². The lowest BCUT2D eigenvalue weighted by molar-refractivity contribution is -0.129. The summed E-state index contributed by atoms with van der Waals surface area (Å²) < 4.78 is 6.00. The molecule has 1 N–H and O–H groups in total. The Morgan fingerprint density at radius 3 is 2.17 bits per heavy atom. The van der Waals surface area contributed by atoms with Gasteiger partial charge in [-0.25, -0.2) is 0 Å². The molecule has 0 saturated carbocycles. The van der Waals surface area contributed by atoms with Gasteiger partial charge in [0.2, 0.25) is 5.78 Å². The number of hydrogen-bond acceptors (Lipinski definition) is 4. The van der Waals surface area contributed by atoms with Crippen LogP contribution < -0.4 is 0 Å². The molecule has 0 radical (unpaired) electrons. The van der Waals surface area contributed by atoms with Crippen molar-refractivity contribution in [2.45, 2.75) is 13.0 Å². The third-order valence-electron chi connectivity index (χ3n) is 5.35. The summed E-state index contributed by atoms with van der Waals surface area (Å²) in [6.07, 6.45) is 7.92. The number of aryl methyl sites for hydroxylation is 1. The molecule has 3 atom stereocenters. The number of hydrogen-bond donors (Lipinski definition) is 1. The summed E-state index contributed by atoms with van der Waals surface area (Å²) >= 11 is 0. The summed E-state index contributed by atoms with van der Waals surface area (Å²) in [7, 11) is 0. The van der Waals surface area contributed by atoms with Crippen LogP contribution in [0, 0.1) is 18.8 Å². The quantitative estimate of drug-likeness (QED) is 0.738. The fourth-order valence-electron chi connectivity index (χ4n) is 3.80. The van der Waals surface area contributed by atoms with Crippen molar-refractivity contribution in [1.82, 2.24) is 0 Å². The minimum absolute atomic E-state index is 0.213. The fourth-order valence-corrected chi connectivity index (χ4v) is 3.80. The zero-order valence-electron chi connectivity index (χ0n) is 16.6. The van der Waals surface area contributed by atoms with E-state index in [1.807, 2.05) is 60.7 Å². The van der Waals surface area contributed by atoms with E-state index < -0.39 is 23.4 Å². The second-order valence-corrected chi connectivity index (χ2v) is 7.44. The number of carbonyl (C=O) groups is 2. The second kappa shape index (κ2) is 8.37. The van der Waals surface area contributed by atoms with Crippen molar-refractivity contribution in [3.8, 4) is 0 Å². The first kappa shape index (κ1) is 19.6.